The third-order valence-electron chi connectivity index (χ3n) is 16.3. The summed E-state index contributed by atoms with van der Waals surface area (Å²) < 4.78 is 83.3. The lowest BCUT2D eigenvalue weighted by Crippen LogP contribution is -2.54. The van der Waals surface area contributed by atoms with Gasteiger partial charge in [0.1, 0.15) is 46.2 Å². The number of amides is 2. The Bertz CT molecular complexity index is 4290. The number of piperazine rings is 2. The van der Waals surface area contributed by atoms with Crippen LogP contribution in [0.25, 0.3) is 62.0 Å². The third-order valence-corrected chi connectivity index (χ3v) is 16.3. The summed E-state index contributed by atoms with van der Waals surface area (Å²) in [6, 6.07) is 10.3. The highest BCUT2D eigenvalue weighted by Crippen LogP contribution is 2.42. The summed E-state index contributed by atoms with van der Waals surface area (Å²) >= 11 is 0. The van der Waals surface area contributed by atoms with Crippen LogP contribution in [-0.4, -0.2) is 127 Å². The first kappa shape index (κ1) is 59.9. The Hall–Kier alpha value is -9.86. The van der Waals surface area contributed by atoms with Gasteiger partial charge < -0.3 is 29.1 Å². The van der Waals surface area contributed by atoms with Crippen LogP contribution in [0.2, 0.25) is 0 Å². The van der Waals surface area contributed by atoms with Gasteiger partial charge in [0.25, 0.3) is 0 Å². The van der Waals surface area contributed by atoms with Crippen molar-refractivity contribution in [2.24, 2.45) is 10.9 Å². The van der Waals surface area contributed by atoms with Crippen molar-refractivity contribution >= 4 is 64.0 Å². The Morgan fingerprint density at radius 2 is 1.27 bits per heavy atom. The highest BCUT2D eigenvalue weighted by molar-refractivity contribution is 5.94. The molecule has 0 radical (unpaired) electrons. The molecule has 2 saturated heterocycles. The molecule has 0 N–H and O–H groups in total. The Balaban J connectivity index is 1.07. The van der Waals surface area contributed by atoms with Gasteiger partial charge in [-0.3, -0.25) is 19.6 Å². The summed E-state index contributed by atoms with van der Waals surface area (Å²) in [4.78, 5) is 90.1. The van der Waals surface area contributed by atoms with Crippen molar-refractivity contribution < 1.29 is 36.6 Å². The highest BCUT2D eigenvalue weighted by Gasteiger charge is 2.35. The number of hydrogen-bond donors (Lipinski definition) is 0. The first-order chi connectivity index (χ1) is 42.4. The van der Waals surface area contributed by atoms with Crippen molar-refractivity contribution in [2.75, 3.05) is 62.3 Å². The number of anilines is 2. The smallest absolute Gasteiger partial charge is 0.355 e. The van der Waals surface area contributed by atoms with E-state index < -0.39 is 58.0 Å². The number of pyridine rings is 3. The minimum atomic E-state index is -0.932. The highest BCUT2D eigenvalue weighted by atomic mass is 19.1. The summed E-state index contributed by atoms with van der Waals surface area (Å²) in [5.41, 5.74) is -0.661. The van der Waals surface area contributed by atoms with E-state index in [2.05, 4.69) is 34.8 Å². The van der Waals surface area contributed by atoms with E-state index in [1.54, 1.807) is 46.4 Å². The molecule has 7 aromatic rings. The quantitative estimate of drug-likeness (QED) is 0.0716. The van der Waals surface area contributed by atoms with Gasteiger partial charge in [-0.1, -0.05) is 64.3 Å². The van der Waals surface area contributed by atoms with Gasteiger partial charge >= 0.3 is 11.4 Å². The third kappa shape index (κ3) is 11.2. The molecule has 0 saturated carbocycles. The zero-order valence-corrected chi connectivity index (χ0v) is 49.4. The normalized spacial score (nSPS) is 17.8. The number of carbonyl (C=O) groups excluding carboxylic acids is 2. The minimum Gasteiger partial charge on any atom is -0.492 e. The average Bonchev–Trinajstić information content (AvgIpc) is 0.843. The van der Waals surface area contributed by atoms with E-state index >= 15 is 22.4 Å². The second kappa shape index (κ2) is 24.9. The van der Waals surface area contributed by atoms with E-state index in [0.717, 1.165) is 0 Å². The molecule has 4 bridgehead atoms. The summed E-state index contributed by atoms with van der Waals surface area (Å²) in [5.74, 6) is -4.90. The molecular formula is C66H64F4N12O6. The zero-order valence-electron chi connectivity index (χ0n) is 49.4. The second-order valence-electron chi connectivity index (χ2n) is 22.4. The lowest BCUT2D eigenvalue weighted by Gasteiger charge is -2.40. The molecule has 2 amide bonds. The fourth-order valence-electron chi connectivity index (χ4n) is 12.2. The monoisotopic (exact) mass is 1200 g/mol. The van der Waals surface area contributed by atoms with E-state index in [-0.39, 0.29) is 151 Å². The molecule has 18 nitrogen and oxygen atoms in total. The second-order valence-corrected chi connectivity index (χ2v) is 22.4. The molecule has 11 rings (SSSR count). The lowest BCUT2D eigenvalue weighted by atomic mass is 9.93. The number of allylic oxidation sites excluding steroid dienone is 4. The molecule has 2 aromatic carbocycles. The van der Waals surface area contributed by atoms with Crippen LogP contribution in [0.1, 0.15) is 70.2 Å². The van der Waals surface area contributed by atoms with Crippen molar-refractivity contribution in [2.45, 2.75) is 71.9 Å². The van der Waals surface area contributed by atoms with Gasteiger partial charge in [-0.15, -0.1) is 0 Å². The Kier molecular flexibility index (Phi) is 16.9. The summed E-state index contributed by atoms with van der Waals surface area (Å²) in [5, 5.41) is 0.269. The largest absolute Gasteiger partial charge is 0.492 e. The number of fused-ring (bicyclic) bond motifs is 8. The van der Waals surface area contributed by atoms with E-state index in [9.17, 15) is 14.4 Å². The predicted octanol–water partition coefficient (Wildman–Crippen LogP) is 10.2. The number of halogens is 4. The van der Waals surface area contributed by atoms with E-state index in [1.165, 1.54) is 63.9 Å². The average molecular weight is 1200 g/mol. The summed E-state index contributed by atoms with van der Waals surface area (Å²) in [7, 11) is 0. The molecule has 0 spiro atoms. The lowest BCUT2D eigenvalue weighted by molar-refractivity contribution is -0.127. The maximum Gasteiger partial charge on any atom is 0.355 e. The number of aromatic nitrogens is 7. The molecule has 22 heteroatoms. The fraction of sp³-hybridized carbons (Fsp3) is 0.303. The Morgan fingerprint density at radius 3 is 1.85 bits per heavy atom. The number of aliphatic imine (C=N–C) groups is 1. The molecular weight excluding hydrogens is 1130 g/mol. The van der Waals surface area contributed by atoms with Gasteiger partial charge in [0.2, 0.25) is 11.8 Å². The van der Waals surface area contributed by atoms with Crippen LogP contribution in [0.15, 0.2) is 131 Å². The molecule has 4 aliphatic rings. The molecule has 5 aromatic heterocycles. The predicted molar refractivity (Wildman–Crippen MR) is 332 cm³/mol. The van der Waals surface area contributed by atoms with Crippen LogP contribution >= 0.6 is 0 Å². The topological polar surface area (TPSA) is 186 Å². The van der Waals surface area contributed by atoms with Crippen LogP contribution in [0.4, 0.5) is 29.2 Å². The molecule has 9 heterocycles. The van der Waals surface area contributed by atoms with Crippen LogP contribution < -0.4 is 30.7 Å². The standard InChI is InChI=1S/C66H64F4N12O6/c1-9-52(83)77-24-26-79(39(6)35-77)61-44-33-49(70)58-55-47(68)31-41(32-51(55)88-29-14-11-16-42(20-22-71-8)59(37(3)4)81(63(44)74-58)65(85)75-61)30-38(5)56-60-43(21-23-72-56)17-12-13-28-87-50-19-15-18-46(67)54(50)57-48(69)34-45-62(76-66(86)82(60)64(45)73-57)80-27-25-78(36-40(80)7)53(84)10-2/h9-12,15-23,31-34,37-40H,1-2,8,13-14,24-30,35-36H2,3-7H3/b16-11-,17-12?,22-20-,59-42?/t38?,39-,40-/m0/s1. The number of benzene rings is 2. The Labute approximate surface area is 504 Å². The number of hydrogen-bond acceptors (Lipinski definition) is 14. The maximum absolute atomic E-state index is 17.7. The molecule has 88 heavy (non-hydrogen) atoms. The van der Waals surface area contributed by atoms with E-state index in [4.69, 9.17) is 24.4 Å². The first-order valence-electron chi connectivity index (χ1n) is 29.1. The van der Waals surface area contributed by atoms with Gasteiger partial charge in [0, 0.05) is 80.9 Å². The first-order valence-corrected chi connectivity index (χ1v) is 29.1. The fourth-order valence-corrected chi connectivity index (χ4v) is 12.2. The Morgan fingerprint density at radius 1 is 0.705 bits per heavy atom. The van der Waals surface area contributed by atoms with Crippen molar-refractivity contribution in [1.29, 1.82) is 0 Å². The number of ether oxygens (including phenoxy) is 2. The number of nitrogens with zero attached hydrogens (tertiary/aromatic N) is 12. The van der Waals surface area contributed by atoms with E-state index in [0.29, 0.717) is 34.5 Å². The molecule has 4 aliphatic heterocycles. The van der Waals surface area contributed by atoms with Gasteiger partial charge in [-0.25, -0.2) is 46.3 Å². The van der Waals surface area contributed by atoms with Gasteiger partial charge in [-0.2, -0.15) is 9.97 Å². The molecule has 3 atom stereocenters. The van der Waals surface area contributed by atoms with E-state index in [1.807, 2.05) is 56.6 Å². The molecule has 1 unspecified atom stereocenters. The summed E-state index contributed by atoms with van der Waals surface area (Å²) in [6.07, 6.45) is 15.1. The van der Waals surface area contributed by atoms with Crippen LogP contribution in [-0.2, 0) is 16.0 Å². The zero-order chi connectivity index (χ0) is 62.2. The van der Waals surface area contributed by atoms with Crippen molar-refractivity contribution in [1.82, 2.24) is 43.9 Å². The van der Waals surface area contributed by atoms with Crippen molar-refractivity contribution in [3.63, 3.8) is 0 Å². The minimum absolute atomic E-state index is 0.00811. The molecule has 452 valence electrons. The molecule has 0 aliphatic carbocycles. The van der Waals surface area contributed by atoms with Gasteiger partial charge in [0.15, 0.2) is 22.9 Å². The van der Waals surface area contributed by atoms with Crippen molar-refractivity contribution in [3.05, 3.63) is 177 Å². The van der Waals surface area contributed by atoms with Crippen LogP contribution in [0.5, 0.6) is 11.5 Å². The van der Waals surface area contributed by atoms with Crippen LogP contribution in [0.3, 0.4) is 0 Å². The summed E-state index contributed by atoms with van der Waals surface area (Å²) in [6.45, 7) is 21.7. The van der Waals surface area contributed by atoms with Gasteiger partial charge in [-0.05, 0) is 118 Å². The SMILES string of the molecule is C=CC(=O)N1CCN(c2nc(=O)n3c4nc(c(F)cc24)-c2c(F)cc(CC(C)c4nccc5c4-n4c(=O)nc(N6CCN(C(=O)C=C)C[C@@H]6C)c6cc(F)c(nc64)-c4c(F)cccc4OCCC=C5)cc2OCC/C=C\C(/C=C\N=C)=C3C(C)C)[C@@H](C)C1. The number of carbonyl (C=O) groups is 2. The van der Waals surface area contributed by atoms with Crippen molar-refractivity contribution in [3.8, 4) is 39.7 Å². The number of rotatable bonds is 10. The van der Waals surface area contributed by atoms with Gasteiger partial charge in [0.05, 0.1) is 46.5 Å². The maximum atomic E-state index is 17.7. The molecule has 2 fully saturated rings. The van der Waals surface area contributed by atoms with Crippen LogP contribution in [0, 0.1) is 29.2 Å².